The van der Waals surface area contributed by atoms with Gasteiger partial charge in [0, 0.05) is 24.6 Å². The molecule has 74 valence electrons. The van der Waals surface area contributed by atoms with Gasteiger partial charge in [-0.25, -0.2) is 0 Å². The van der Waals surface area contributed by atoms with Crippen molar-refractivity contribution in [1.82, 2.24) is 0 Å². The molecular weight excluding hydrogens is 174 g/mol. The minimum Gasteiger partial charge on any atom is -0.382 e. The third kappa shape index (κ3) is 2.34. The molecule has 0 aromatic heterocycles. The third-order valence-corrected chi connectivity index (χ3v) is 2.63. The van der Waals surface area contributed by atoms with E-state index in [-0.39, 0.29) is 0 Å². The van der Waals surface area contributed by atoms with Crippen LogP contribution in [0.2, 0.25) is 0 Å². The molecule has 2 nitrogen and oxygen atoms in total. The van der Waals surface area contributed by atoms with E-state index in [9.17, 15) is 4.79 Å². The fourth-order valence-electron chi connectivity index (χ4n) is 1.92. The first kappa shape index (κ1) is 9.25. The van der Waals surface area contributed by atoms with Gasteiger partial charge >= 0.3 is 0 Å². The average molecular weight is 189 g/mol. The van der Waals surface area contributed by atoms with Crippen molar-refractivity contribution in [1.29, 1.82) is 0 Å². The SMILES string of the molecule is O=C1CCCC(Nc2ccccc2)C1. The zero-order valence-corrected chi connectivity index (χ0v) is 8.20. The molecule has 1 unspecified atom stereocenters. The number of hydrogen-bond acceptors (Lipinski definition) is 2. The number of para-hydroxylation sites is 1. The van der Waals surface area contributed by atoms with Gasteiger partial charge in [0.05, 0.1) is 0 Å². The van der Waals surface area contributed by atoms with Crippen molar-refractivity contribution in [3.63, 3.8) is 0 Å². The number of Topliss-reactive ketones (excluding diaryl/α,β-unsaturated/α-hetero) is 1. The molecule has 0 amide bonds. The van der Waals surface area contributed by atoms with E-state index in [0.29, 0.717) is 18.2 Å². The Kier molecular flexibility index (Phi) is 2.82. The Labute approximate surface area is 84.3 Å². The summed E-state index contributed by atoms with van der Waals surface area (Å²) in [6, 6.07) is 10.4. The van der Waals surface area contributed by atoms with Crippen molar-refractivity contribution in [3.05, 3.63) is 30.3 Å². The molecule has 0 saturated heterocycles. The number of carbonyl (C=O) groups excluding carboxylic acids is 1. The average Bonchev–Trinajstić information content (AvgIpc) is 2.19. The van der Waals surface area contributed by atoms with Crippen LogP contribution < -0.4 is 5.32 Å². The van der Waals surface area contributed by atoms with E-state index in [1.807, 2.05) is 30.3 Å². The Morgan fingerprint density at radius 1 is 1.21 bits per heavy atom. The molecule has 1 aromatic carbocycles. The van der Waals surface area contributed by atoms with Gasteiger partial charge in [-0.05, 0) is 25.0 Å². The van der Waals surface area contributed by atoms with Gasteiger partial charge in [0.1, 0.15) is 5.78 Å². The number of benzene rings is 1. The van der Waals surface area contributed by atoms with Crippen molar-refractivity contribution in [3.8, 4) is 0 Å². The molecule has 0 radical (unpaired) electrons. The molecular formula is C12H15NO. The number of anilines is 1. The predicted molar refractivity (Wildman–Crippen MR) is 57.3 cm³/mol. The maximum atomic E-state index is 11.2. The van der Waals surface area contributed by atoms with Gasteiger partial charge in [-0.2, -0.15) is 0 Å². The monoisotopic (exact) mass is 189 g/mol. The van der Waals surface area contributed by atoms with Crippen LogP contribution in [0.15, 0.2) is 30.3 Å². The first-order valence-corrected chi connectivity index (χ1v) is 5.18. The van der Waals surface area contributed by atoms with Gasteiger partial charge in [-0.3, -0.25) is 4.79 Å². The standard InChI is InChI=1S/C12H15NO/c14-12-8-4-7-11(9-12)13-10-5-2-1-3-6-10/h1-3,5-6,11,13H,4,7-9H2. The second kappa shape index (κ2) is 4.27. The summed E-state index contributed by atoms with van der Waals surface area (Å²) >= 11 is 0. The lowest BCUT2D eigenvalue weighted by atomic mass is 9.94. The number of rotatable bonds is 2. The summed E-state index contributed by atoms with van der Waals surface area (Å²) < 4.78 is 0. The smallest absolute Gasteiger partial charge is 0.134 e. The second-order valence-corrected chi connectivity index (χ2v) is 3.84. The summed E-state index contributed by atoms with van der Waals surface area (Å²) in [5, 5.41) is 3.39. The summed E-state index contributed by atoms with van der Waals surface area (Å²) in [5.74, 6) is 0.393. The highest BCUT2D eigenvalue weighted by Crippen LogP contribution is 2.19. The highest BCUT2D eigenvalue weighted by Gasteiger charge is 2.18. The summed E-state index contributed by atoms with van der Waals surface area (Å²) in [7, 11) is 0. The Hall–Kier alpha value is -1.31. The first-order chi connectivity index (χ1) is 6.84. The fraction of sp³-hybridized carbons (Fsp3) is 0.417. The van der Waals surface area contributed by atoms with Crippen molar-refractivity contribution in [2.75, 3.05) is 5.32 Å². The molecule has 1 aromatic rings. The van der Waals surface area contributed by atoms with Gasteiger partial charge < -0.3 is 5.32 Å². The summed E-state index contributed by atoms with van der Waals surface area (Å²) in [6.45, 7) is 0. The topological polar surface area (TPSA) is 29.1 Å². The van der Waals surface area contributed by atoms with Crippen molar-refractivity contribution >= 4 is 11.5 Å². The van der Waals surface area contributed by atoms with E-state index in [4.69, 9.17) is 0 Å². The lowest BCUT2D eigenvalue weighted by molar-refractivity contribution is -0.120. The molecule has 14 heavy (non-hydrogen) atoms. The Balaban J connectivity index is 1.94. The van der Waals surface area contributed by atoms with Crippen LogP contribution in [-0.4, -0.2) is 11.8 Å². The molecule has 0 bridgehead atoms. The molecule has 1 aliphatic rings. The highest BCUT2D eigenvalue weighted by atomic mass is 16.1. The van der Waals surface area contributed by atoms with Crippen LogP contribution in [0.5, 0.6) is 0 Å². The van der Waals surface area contributed by atoms with Crippen molar-refractivity contribution in [2.45, 2.75) is 31.7 Å². The molecule has 0 spiro atoms. The minimum atomic E-state index is 0.346. The zero-order valence-electron chi connectivity index (χ0n) is 8.20. The zero-order chi connectivity index (χ0) is 9.80. The van der Waals surface area contributed by atoms with Crippen LogP contribution in [-0.2, 0) is 4.79 Å². The lowest BCUT2D eigenvalue weighted by Crippen LogP contribution is -2.27. The maximum absolute atomic E-state index is 11.2. The molecule has 1 fully saturated rings. The molecule has 1 N–H and O–H groups in total. The van der Waals surface area contributed by atoms with Gasteiger partial charge in [-0.1, -0.05) is 18.2 Å². The van der Waals surface area contributed by atoms with Crippen LogP contribution in [0, 0.1) is 0 Å². The van der Waals surface area contributed by atoms with Crippen molar-refractivity contribution in [2.24, 2.45) is 0 Å². The van der Waals surface area contributed by atoms with E-state index in [2.05, 4.69) is 5.32 Å². The van der Waals surface area contributed by atoms with Crippen LogP contribution in [0.3, 0.4) is 0 Å². The lowest BCUT2D eigenvalue weighted by Gasteiger charge is -2.22. The molecule has 0 heterocycles. The van der Waals surface area contributed by atoms with Gasteiger partial charge in [0.2, 0.25) is 0 Å². The predicted octanol–water partition coefficient (Wildman–Crippen LogP) is 2.61. The molecule has 0 aliphatic heterocycles. The van der Waals surface area contributed by atoms with Crippen LogP contribution in [0.25, 0.3) is 0 Å². The molecule has 2 rings (SSSR count). The maximum Gasteiger partial charge on any atom is 0.134 e. The van der Waals surface area contributed by atoms with Crippen molar-refractivity contribution < 1.29 is 4.79 Å². The largest absolute Gasteiger partial charge is 0.382 e. The third-order valence-electron chi connectivity index (χ3n) is 2.63. The first-order valence-electron chi connectivity index (χ1n) is 5.18. The van der Waals surface area contributed by atoms with Crippen LogP contribution in [0.4, 0.5) is 5.69 Å². The van der Waals surface area contributed by atoms with Crippen LogP contribution >= 0.6 is 0 Å². The molecule has 1 saturated carbocycles. The van der Waals surface area contributed by atoms with Gasteiger partial charge in [-0.15, -0.1) is 0 Å². The normalized spacial score (nSPS) is 22.0. The highest BCUT2D eigenvalue weighted by molar-refractivity contribution is 5.80. The summed E-state index contributed by atoms with van der Waals surface area (Å²) in [4.78, 5) is 11.2. The van der Waals surface area contributed by atoms with Gasteiger partial charge in [0.25, 0.3) is 0 Å². The summed E-state index contributed by atoms with van der Waals surface area (Å²) in [5.41, 5.74) is 1.12. The fourth-order valence-corrected chi connectivity index (χ4v) is 1.92. The van der Waals surface area contributed by atoms with E-state index in [1.165, 1.54) is 0 Å². The van der Waals surface area contributed by atoms with E-state index >= 15 is 0 Å². The Bertz CT molecular complexity index is 307. The second-order valence-electron chi connectivity index (χ2n) is 3.84. The van der Waals surface area contributed by atoms with Crippen LogP contribution in [0.1, 0.15) is 25.7 Å². The summed E-state index contributed by atoms with van der Waals surface area (Å²) in [6.07, 6.45) is 3.60. The molecule has 1 aliphatic carbocycles. The Morgan fingerprint density at radius 3 is 2.71 bits per heavy atom. The number of hydrogen-bond donors (Lipinski definition) is 1. The van der Waals surface area contributed by atoms with E-state index in [1.54, 1.807) is 0 Å². The van der Waals surface area contributed by atoms with E-state index in [0.717, 1.165) is 24.9 Å². The molecule has 1 atom stereocenters. The quantitative estimate of drug-likeness (QED) is 0.774. The number of carbonyl (C=O) groups is 1. The minimum absolute atomic E-state index is 0.346. The van der Waals surface area contributed by atoms with E-state index < -0.39 is 0 Å². The van der Waals surface area contributed by atoms with Gasteiger partial charge in [0.15, 0.2) is 0 Å². The number of nitrogens with one attached hydrogen (secondary N) is 1. The molecule has 2 heteroatoms. The number of ketones is 1. The Morgan fingerprint density at radius 2 is 2.00 bits per heavy atom.